The van der Waals surface area contributed by atoms with Crippen LogP contribution in [0.3, 0.4) is 0 Å². The lowest BCUT2D eigenvalue weighted by molar-refractivity contribution is -0.126. The number of Topliss-reactive ketones (excluding diaryl/α,β-unsaturated/α-hetero) is 1. The van der Waals surface area contributed by atoms with Crippen LogP contribution in [0.5, 0.6) is 5.75 Å². The van der Waals surface area contributed by atoms with Crippen LogP contribution in [0.25, 0.3) is 0 Å². The van der Waals surface area contributed by atoms with Gasteiger partial charge in [0.25, 0.3) is 0 Å². The molecule has 0 saturated carbocycles. The molecule has 0 N–H and O–H groups in total. The van der Waals surface area contributed by atoms with Gasteiger partial charge in [-0.25, -0.2) is 0 Å². The molecule has 0 atom stereocenters. The Bertz CT molecular complexity index is 309. The second-order valence-electron chi connectivity index (χ2n) is 4.58. The maximum atomic E-state index is 11.6. The van der Waals surface area contributed by atoms with Crippen molar-refractivity contribution >= 4 is 5.78 Å². The molecule has 0 radical (unpaired) electrons. The van der Waals surface area contributed by atoms with Gasteiger partial charge in [0.15, 0.2) is 0 Å². The summed E-state index contributed by atoms with van der Waals surface area (Å²) in [7, 11) is 0. The van der Waals surface area contributed by atoms with E-state index in [2.05, 4.69) is 0 Å². The maximum Gasteiger partial charge on any atom is 0.141 e. The zero-order valence-corrected chi connectivity index (χ0v) is 9.62. The van der Waals surface area contributed by atoms with Gasteiger partial charge in [0.1, 0.15) is 11.5 Å². The summed E-state index contributed by atoms with van der Waals surface area (Å²) in [4.78, 5) is 11.6. The smallest absolute Gasteiger partial charge is 0.141 e. The summed E-state index contributed by atoms with van der Waals surface area (Å²) < 4.78 is 5.45. The zero-order chi connectivity index (χ0) is 11.3. The van der Waals surface area contributed by atoms with Crippen molar-refractivity contribution in [1.82, 2.24) is 0 Å². The Morgan fingerprint density at radius 1 is 1.20 bits per heavy atom. The first kappa shape index (κ1) is 11.8. The molecule has 1 rings (SSSR count). The van der Waals surface area contributed by atoms with Crippen molar-refractivity contribution in [3.05, 3.63) is 30.3 Å². The molecule has 0 aromatic heterocycles. The van der Waals surface area contributed by atoms with Crippen molar-refractivity contribution in [2.45, 2.75) is 27.2 Å². The van der Waals surface area contributed by atoms with Gasteiger partial charge in [-0.2, -0.15) is 0 Å². The molecule has 1 aromatic rings. The van der Waals surface area contributed by atoms with Crippen molar-refractivity contribution in [1.29, 1.82) is 0 Å². The maximum absolute atomic E-state index is 11.6. The fourth-order valence-corrected chi connectivity index (χ4v) is 1.15. The third-order valence-electron chi connectivity index (χ3n) is 2.18. The number of carbonyl (C=O) groups excluding carboxylic acids is 1. The van der Waals surface area contributed by atoms with Crippen LogP contribution < -0.4 is 4.74 Å². The Kier molecular flexibility index (Phi) is 3.89. The van der Waals surface area contributed by atoms with Crippen molar-refractivity contribution in [2.75, 3.05) is 6.61 Å². The predicted octanol–water partition coefficient (Wildman–Crippen LogP) is 3.07. The number of hydrogen-bond donors (Lipinski definition) is 0. The minimum Gasteiger partial charge on any atom is -0.493 e. The summed E-state index contributed by atoms with van der Waals surface area (Å²) in [6.45, 7) is 6.24. The largest absolute Gasteiger partial charge is 0.493 e. The third-order valence-corrected chi connectivity index (χ3v) is 2.18. The fourth-order valence-electron chi connectivity index (χ4n) is 1.15. The highest BCUT2D eigenvalue weighted by molar-refractivity contribution is 5.83. The molecule has 0 unspecified atom stereocenters. The van der Waals surface area contributed by atoms with E-state index < -0.39 is 0 Å². The van der Waals surface area contributed by atoms with Crippen LogP contribution in [-0.4, -0.2) is 12.4 Å². The fraction of sp³-hybridized carbons (Fsp3) is 0.462. The van der Waals surface area contributed by atoms with E-state index in [1.54, 1.807) is 0 Å². The van der Waals surface area contributed by atoms with Crippen LogP contribution in [0, 0.1) is 5.41 Å². The number of carbonyl (C=O) groups is 1. The Hall–Kier alpha value is -1.31. The van der Waals surface area contributed by atoms with Crippen LogP contribution in [0.4, 0.5) is 0 Å². The molecule has 0 heterocycles. The van der Waals surface area contributed by atoms with E-state index in [1.165, 1.54) is 0 Å². The van der Waals surface area contributed by atoms with E-state index in [9.17, 15) is 4.79 Å². The Labute approximate surface area is 91.3 Å². The molecule has 2 nitrogen and oxygen atoms in total. The lowest BCUT2D eigenvalue weighted by Gasteiger charge is -2.16. The first-order valence-electron chi connectivity index (χ1n) is 5.21. The molecule has 0 amide bonds. The monoisotopic (exact) mass is 206 g/mol. The highest BCUT2D eigenvalue weighted by Gasteiger charge is 2.20. The summed E-state index contributed by atoms with van der Waals surface area (Å²) in [6.07, 6.45) is 0.471. The Morgan fingerprint density at radius 3 is 2.33 bits per heavy atom. The van der Waals surface area contributed by atoms with E-state index in [0.29, 0.717) is 13.0 Å². The minimum atomic E-state index is -0.264. The van der Waals surface area contributed by atoms with E-state index in [1.807, 2.05) is 51.1 Å². The van der Waals surface area contributed by atoms with Gasteiger partial charge in [0.2, 0.25) is 0 Å². The quantitative estimate of drug-likeness (QED) is 0.756. The first-order valence-corrected chi connectivity index (χ1v) is 5.21. The van der Waals surface area contributed by atoms with Crippen LogP contribution in [0.15, 0.2) is 30.3 Å². The molecular formula is C13H18O2. The van der Waals surface area contributed by atoms with Crippen LogP contribution in [0.2, 0.25) is 0 Å². The van der Waals surface area contributed by atoms with E-state index in [0.717, 1.165) is 5.75 Å². The van der Waals surface area contributed by atoms with Gasteiger partial charge in [-0.05, 0) is 12.1 Å². The van der Waals surface area contributed by atoms with Gasteiger partial charge in [-0.1, -0.05) is 39.0 Å². The summed E-state index contributed by atoms with van der Waals surface area (Å²) in [5, 5.41) is 0. The van der Waals surface area contributed by atoms with Crippen LogP contribution in [-0.2, 0) is 4.79 Å². The molecule has 15 heavy (non-hydrogen) atoms. The summed E-state index contributed by atoms with van der Waals surface area (Å²) in [6, 6.07) is 9.55. The van der Waals surface area contributed by atoms with Gasteiger partial charge < -0.3 is 4.74 Å². The van der Waals surface area contributed by atoms with Crippen molar-refractivity contribution in [2.24, 2.45) is 5.41 Å². The normalized spacial score (nSPS) is 11.1. The average molecular weight is 206 g/mol. The summed E-state index contributed by atoms with van der Waals surface area (Å²) in [5.74, 6) is 1.05. The lowest BCUT2D eigenvalue weighted by Crippen LogP contribution is -2.22. The van der Waals surface area contributed by atoms with E-state index >= 15 is 0 Å². The van der Waals surface area contributed by atoms with Gasteiger partial charge >= 0.3 is 0 Å². The molecule has 2 heteroatoms. The molecular weight excluding hydrogens is 188 g/mol. The average Bonchev–Trinajstić information content (AvgIpc) is 2.18. The highest BCUT2D eigenvalue weighted by atomic mass is 16.5. The number of ketones is 1. The van der Waals surface area contributed by atoms with Gasteiger partial charge in [-0.15, -0.1) is 0 Å². The van der Waals surface area contributed by atoms with Crippen molar-refractivity contribution < 1.29 is 9.53 Å². The summed E-state index contributed by atoms with van der Waals surface area (Å²) in [5.41, 5.74) is -0.264. The van der Waals surface area contributed by atoms with Crippen molar-refractivity contribution in [3.8, 4) is 5.75 Å². The molecule has 0 saturated heterocycles. The summed E-state index contributed by atoms with van der Waals surface area (Å²) >= 11 is 0. The third kappa shape index (κ3) is 4.15. The van der Waals surface area contributed by atoms with E-state index in [-0.39, 0.29) is 11.2 Å². The highest BCUT2D eigenvalue weighted by Crippen LogP contribution is 2.17. The molecule has 82 valence electrons. The van der Waals surface area contributed by atoms with Crippen LogP contribution >= 0.6 is 0 Å². The topological polar surface area (TPSA) is 26.3 Å². The van der Waals surface area contributed by atoms with Gasteiger partial charge in [0.05, 0.1) is 6.61 Å². The molecule has 0 aliphatic carbocycles. The number of benzene rings is 1. The Morgan fingerprint density at radius 2 is 1.80 bits per heavy atom. The first-order chi connectivity index (χ1) is 7.00. The molecule has 1 aromatic carbocycles. The second kappa shape index (κ2) is 4.96. The van der Waals surface area contributed by atoms with Gasteiger partial charge in [-0.3, -0.25) is 4.79 Å². The van der Waals surface area contributed by atoms with Crippen molar-refractivity contribution in [3.63, 3.8) is 0 Å². The number of para-hydroxylation sites is 1. The number of hydrogen-bond acceptors (Lipinski definition) is 2. The second-order valence-corrected chi connectivity index (χ2v) is 4.58. The molecule has 0 fully saturated rings. The van der Waals surface area contributed by atoms with Crippen LogP contribution in [0.1, 0.15) is 27.2 Å². The zero-order valence-electron chi connectivity index (χ0n) is 9.62. The molecule has 0 aliphatic heterocycles. The van der Waals surface area contributed by atoms with E-state index in [4.69, 9.17) is 4.74 Å². The molecule has 0 aliphatic rings. The standard InChI is InChI=1S/C13H18O2/c1-13(2,3)12(14)9-10-15-11-7-5-4-6-8-11/h4-8H,9-10H2,1-3H3. The lowest BCUT2D eigenvalue weighted by atomic mass is 9.89. The minimum absolute atomic E-state index is 0.235. The SMILES string of the molecule is CC(C)(C)C(=O)CCOc1ccccc1. The Balaban J connectivity index is 2.32. The molecule has 0 spiro atoms. The van der Waals surface area contributed by atoms with Gasteiger partial charge in [0, 0.05) is 11.8 Å². The predicted molar refractivity (Wildman–Crippen MR) is 61.0 cm³/mol. The number of rotatable bonds is 4. The number of ether oxygens (including phenoxy) is 1. The molecule has 0 bridgehead atoms.